The van der Waals surface area contributed by atoms with Gasteiger partial charge in [-0.1, -0.05) is 6.07 Å². The molecule has 1 aliphatic rings. The molecule has 0 radical (unpaired) electrons. The van der Waals surface area contributed by atoms with Crippen LogP contribution in [0.2, 0.25) is 0 Å². The van der Waals surface area contributed by atoms with Crippen molar-refractivity contribution in [3.63, 3.8) is 0 Å². The highest BCUT2D eigenvalue weighted by Gasteiger charge is 2.30. The Bertz CT molecular complexity index is 644. The highest BCUT2D eigenvalue weighted by atomic mass is 32.1. The number of hydrogen-bond donors (Lipinski definition) is 1. The summed E-state index contributed by atoms with van der Waals surface area (Å²) < 4.78 is 2.22. The second kappa shape index (κ2) is 4.24. The zero-order chi connectivity index (χ0) is 12.7. The van der Waals surface area contributed by atoms with Gasteiger partial charge in [0, 0.05) is 11.3 Å². The largest absolute Gasteiger partial charge is 0.428 e. The summed E-state index contributed by atoms with van der Waals surface area (Å²) in [4.78, 5) is 13.4. The van der Waals surface area contributed by atoms with Gasteiger partial charge >= 0.3 is 5.69 Å². The number of aromatic nitrogens is 2. The normalized spacial score (nSPS) is 14.5. The molecule has 4 nitrogen and oxygen atoms in total. The Kier molecular flexibility index (Phi) is 2.70. The molecule has 0 unspecified atom stereocenters. The molecule has 0 amide bonds. The van der Waals surface area contributed by atoms with Crippen LogP contribution in [0.1, 0.15) is 29.9 Å². The lowest BCUT2D eigenvalue weighted by atomic mass is 9.99. The fourth-order valence-electron chi connectivity index (χ4n) is 2.60. The molecular weight excluding hydrogens is 248 g/mol. The average molecular weight is 263 g/mol. The first kappa shape index (κ1) is 11.5. The Hall–Kier alpha value is -1.62. The van der Waals surface area contributed by atoms with Crippen LogP contribution in [-0.2, 0) is 12.8 Å². The minimum Gasteiger partial charge on any atom is -0.428 e. The second-order valence-corrected chi connectivity index (χ2v) is 5.57. The number of fused-ring (bicyclic) bond motifs is 1. The van der Waals surface area contributed by atoms with Crippen molar-refractivity contribution in [2.45, 2.75) is 32.6 Å². The van der Waals surface area contributed by atoms with Gasteiger partial charge in [0.2, 0.25) is 0 Å². The van der Waals surface area contributed by atoms with Gasteiger partial charge in [0.05, 0.1) is 4.43 Å². The number of hydrogen-bond acceptors (Lipinski definition) is 3. The smallest absolute Gasteiger partial charge is 0.302 e. The highest BCUT2D eigenvalue weighted by molar-refractivity contribution is 7.13. The SMILES string of the molecule is Cc1c(-c2cccs2)[n+](=O)c2c(n1O)CCCC2. The van der Waals surface area contributed by atoms with E-state index in [1.165, 1.54) is 16.1 Å². The van der Waals surface area contributed by atoms with E-state index in [4.69, 9.17) is 0 Å². The van der Waals surface area contributed by atoms with E-state index in [1.807, 2.05) is 17.5 Å². The van der Waals surface area contributed by atoms with E-state index in [0.717, 1.165) is 46.4 Å². The van der Waals surface area contributed by atoms with E-state index < -0.39 is 0 Å². The lowest BCUT2D eigenvalue weighted by Crippen LogP contribution is -2.33. The van der Waals surface area contributed by atoms with Crippen LogP contribution in [0, 0.1) is 11.8 Å². The summed E-state index contributed by atoms with van der Waals surface area (Å²) >= 11 is 1.52. The van der Waals surface area contributed by atoms with Crippen molar-refractivity contribution < 1.29 is 9.63 Å². The van der Waals surface area contributed by atoms with Gasteiger partial charge in [-0.15, -0.1) is 11.3 Å². The van der Waals surface area contributed by atoms with E-state index >= 15 is 0 Å². The minimum atomic E-state index is 0.577. The predicted molar refractivity (Wildman–Crippen MR) is 69.7 cm³/mol. The number of rotatable bonds is 1. The lowest BCUT2D eigenvalue weighted by molar-refractivity contribution is -0.495. The molecule has 0 aromatic carbocycles. The Labute approximate surface area is 109 Å². The Balaban J connectivity index is 2.34. The fourth-order valence-corrected chi connectivity index (χ4v) is 3.40. The molecule has 18 heavy (non-hydrogen) atoms. The van der Waals surface area contributed by atoms with Crippen LogP contribution in [0.5, 0.6) is 0 Å². The van der Waals surface area contributed by atoms with Gasteiger partial charge in [-0.2, -0.15) is 4.73 Å². The monoisotopic (exact) mass is 263 g/mol. The molecule has 94 valence electrons. The second-order valence-electron chi connectivity index (χ2n) is 4.62. The Morgan fingerprint density at radius 1 is 1.39 bits per heavy atom. The van der Waals surface area contributed by atoms with Crippen molar-refractivity contribution in [2.75, 3.05) is 0 Å². The van der Waals surface area contributed by atoms with Crippen molar-refractivity contribution in [1.29, 1.82) is 0 Å². The third-order valence-corrected chi connectivity index (χ3v) is 4.41. The summed E-state index contributed by atoms with van der Waals surface area (Å²) in [6, 6.07) is 3.83. The van der Waals surface area contributed by atoms with Crippen LogP contribution >= 0.6 is 11.3 Å². The van der Waals surface area contributed by atoms with Crippen molar-refractivity contribution >= 4 is 11.3 Å². The quantitative estimate of drug-likeness (QED) is 0.635. The molecule has 1 aliphatic carbocycles. The van der Waals surface area contributed by atoms with Crippen LogP contribution in [-0.4, -0.2) is 9.94 Å². The van der Waals surface area contributed by atoms with Crippen LogP contribution in [0.3, 0.4) is 0 Å². The molecule has 5 heteroatoms. The lowest BCUT2D eigenvalue weighted by Gasteiger charge is -2.14. The first-order valence-electron chi connectivity index (χ1n) is 6.13. The summed E-state index contributed by atoms with van der Waals surface area (Å²) in [5.41, 5.74) is 2.69. The molecule has 2 heterocycles. The maximum atomic E-state index is 12.5. The van der Waals surface area contributed by atoms with Gasteiger partial charge in [-0.25, -0.2) is 0 Å². The van der Waals surface area contributed by atoms with Crippen molar-refractivity contribution in [3.05, 3.63) is 39.5 Å². The summed E-state index contributed by atoms with van der Waals surface area (Å²) in [7, 11) is 0. The topological polar surface area (TPSA) is 48.1 Å². The molecular formula is C13H15N2O2S+. The number of nitrogens with zero attached hydrogens (tertiary/aromatic N) is 2. The zero-order valence-corrected chi connectivity index (χ0v) is 11.0. The summed E-state index contributed by atoms with van der Waals surface area (Å²) in [5, 5.41) is 12.2. The van der Waals surface area contributed by atoms with Crippen molar-refractivity contribution in [3.8, 4) is 10.6 Å². The van der Waals surface area contributed by atoms with E-state index in [2.05, 4.69) is 0 Å². The molecule has 0 spiro atoms. The summed E-state index contributed by atoms with van der Waals surface area (Å²) in [6.07, 6.45) is 3.57. The molecule has 0 bridgehead atoms. The third-order valence-electron chi connectivity index (χ3n) is 3.53. The minimum absolute atomic E-state index is 0.577. The third kappa shape index (κ3) is 1.58. The molecule has 0 saturated carbocycles. The molecule has 2 aromatic heterocycles. The number of thiophene rings is 1. The average Bonchev–Trinajstić information content (AvgIpc) is 2.90. The van der Waals surface area contributed by atoms with Gasteiger partial charge in [0.15, 0.2) is 0 Å². The van der Waals surface area contributed by atoms with E-state index in [1.54, 1.807) is 6.92 Å². The van der Waals surface area contributed by atoms with E-state index in [-0.39, 0.29) is 0 Å². The van der Waals surface area contributed by atoms with Gasteiger partial charge in [-0.05, 0) is 37.6 Å². The molecule has 2 aromatic rings. The standard InChI is InChI=1S/C13H15N2O2S/c1-9-13(12-7-4-8-18-12)15(17)11-6-3-2-5-10(11)14(9)16/h4,7-8,16H,2-3,5-6H2,1H3/q+1. The Morgan fingerprint density at radius 3 is 2.89 bits per heavy atom. The maximum absolute atomic E-state index is 12.5. The van der Waals surface area contributed by atoms with Crippen molar-refractivity contribution in [2.24, 2.45) is 0 Å². The van der Waals surface area contributed by atoms with Crippen LogP contribution in [0.15, 0.2) is 17.5 Å². The van der Waals surface area contributed by atoms with Crippen LogP contribution < -0.4 is 4.43 Å². The Morgan fingerprint density at radius 2 is 2.17 bits per heavy atom. The van der Waals surface area contributed by atoms with Crippen molar-refractivity contribution in [1.82, 2.24) is 4.73 Å². The van der Waals surface area contributed by atoms with Gasteiger partial charge in [0.25, 0.3) is 5.69 Å². The van der Waals surface area contributed by atoms with Gasteiger partial charge in [-0.3, -0.25) is 0 Å². The molecule has 0 atom stereocenters. The first-order valence-corrected chi connectivity index (χ1v) is 7.01. The fraction of sp³-hybridized carbons (Fsp3) is 0.385. The van der Waals surface area contributed by atoms with Gasteiger partial charge in [0.1, 0.15) is 16.3 Å². The molecule has 3 rings (SSSR count). The molecule has 0 fully saturated rings. The van der Waals surface area contributed by atoms with E-state index in [0.29, 0.717) is 11.4 Å². The van der Waals surface area contributed by atoms with E-state index in [9.17, 15) is 10.1 Å². The molecule has 1 N–H and O–H groups in total. The van der Waals surface area contributed by atoms with Crippen LogP contribution in [0.4, 0.5) is 0 Å². The molecule has 0 aliphatic heterocycles. The predicted octanol–water partition coefficient (Wildman–Crippen LogP) is 2.56. The maximum Gasteiger partial charge on any atom is 0.302 e. The molecule has 0 saturated heterocycles. The highest BCUT2D eigenvalue weighted by Crippen LogP contribution is 2.27. The van der Waals surface area contributed by atoms with Gasteiger partial charge < -0.3 is 5.21 Å². The first-order chi connectivity index (χ1) is 8.70. The van der Waals surface area contributed by atoms with Crippen LogP contribution in [0.25, 0.3) is 10.6 Å². The zero-order valence-electron chi connectivity index (χ0n) is 10.2. The summed E-state index contributed by atoms with van der Waals surface area (Å²) in [5.74, 6) is 0. The summed E-state index contributed by atoms with van der Waals surface area (Å²) in [6.45, 7) is 1.79.